The van der Waals surface area contributed by atoms with Crippen molar-refractivity contribution in [1.82, 2.24) is 14.9 Å². The summed E-state index contributed by atoms with van der Waals surface area (Å²) < 4.78 is 61.2. The minimum Gasteiger partial charge on any atom is -0.356 e. The van der Waals surface area contributed by atoms with E-state index in [4.69, 9.17) is 0 Å². The summed E-state index contributed by atoms with van der Waals surface area (Å²) in [6.07, 6.45) is 5.77. The molecule has 2 fully saturated rings. The Morgan fingerprint density at radius 1 is 1.00 bits per heavy atom. The quantitative estimate of drug-likeness (QED) is 0.538. The van der Waals surface area contributed by atoms with E-state index in [-0.39, 0.29) is 19.0 Å². The van der Waals surface area contributed by atoms with Gasteiger partial charge in [-0.1, -0.05) is 19.8 Å². The van der Waals surface area contributed by atoms with Gasteiger partial charge in [0.1, 0.15) is 0 Å². The van der Waals surface area contributed by atoms with Crippen LogP contribution in [0.2, 0.25) is 0 Å². The lowest BCUT2D eigenvalue weighted by atomic mass is 9.83. The fourth-order valence-electron chi connectivity index (χ4n) is 3.74. The molecular weight excluding hydrogens is 381 g/mol. The largest absolute Gasteiger partial charge is 0.511 e. The second-order valence-corrected chi connectivity index (χ2v) is 9.68. The van der Waals surface area contributed by atoms with E-state index < -0.39 is 15.5 Å². The molecule has 0 atom stereocenters. The van der Waals surface area contributed by atoms with Gasteiger partial charge in [-0.2, -0.15) is 17.5 Å². The summed E-state index contributed by atoms with van der Waals surface area (Å²) in [7, 11) is -3.52. The molecule has 27 heavy (non-hydrogen) atoms. The summed E-state index contributed by atoms with van der Waals surface area (Å²) >= 11 is 0. The highest BCUT2D eigenvalue weighted by Crippen LogP contribution is 2.30. The van der Waals surface area contributed by atoms with Gasteiger partial charge >= 0.3 is 15.5 Å². The van der Waals surface area contributed by atoms with Crippen molar-refractivity contribution >= 4 is 16.0 Å². The van der Waals surface area contributed by atoms with Crippen molar-refractivity contribution in [3.8, 4) is 0 Å². The van der Waals surface area contributed by atoms with Crippen LogP contribution in [0.1, 0.15) is 45.4 Å². The summed E-state index contributed by atoms with van der Waals surface area (Å²) in [4.78, 5) is 4.20. The number of alkyl halides is 3. The van der Waals surface area contributed by atoms with Crippen molar-refractivity contribution in [2.75, 3.05) is 33.2 Å². The Morgan fingerprint density at radius 2 is 1.48 bits per heavy atom. The average Bonchev–Trinajstić information content (AvgIpc) is 2.62. The molecule has 2 N–H and O–H groups in total. The van der Waals surface area contributed by atoms with Gasteiger partial charge in [-0.15, -0.1) is 0 Å². The molecule has 10 heteroatoms. The molecule has 2 aliphatic rings. The summed E-state index contributed by atoms with van der Waals surface area (Å²) in [6.45, 7) is 3.53. The van der Waals surface area contributed by atoms with Gasteiger partial charge in [0.25, 0.3) is 0 Å². The molecule has 1 saturated heterocycles. The summed E-state index contributed by atoms with van der Waals surface area (Å²) in [5, 5.41) is 6.55. The fraction of sp³-hybridized carbons (Fsp3) is 0.941. The van der Waals surface area contributed by atoms with E-state index in [2.05, 4.69) is 22.5 Å². The average molecular weight is 413 g/mol. The molecule has 2 rings (SSSR count). The maximum atomic E-state index is 12.6. The van der Waals surface area contributed by atoms with E-state index in [1.54, 1.807) is 7.05 Å². The molecule has 1 aliphatic heterocycles. The lowest BCUT2D eigenvalue weighted by Crippen LogP contribution is -2.47. The lowest BCUT2D eigenvalue weighted by molar-refractivity contribution is -0.0496. The molecule has 0 amide bonds. The minimum atomic E-state index is -5.22. The summed E-state index contributed by atoms with van der Waals surface area (Å²) in [5.41, 5.74) is -5.22. The molecule has 0 aromatic rings. The van der Waals surface area contributed by atoms with Gasteiger partial charge in [0.2, 0.25) is 0 Å². The van der Waals surface area contributed by atoms with Crippen molar-refractivity contribution in [1.29, 1.82) is 0 Å². The monoisotopic (exact) mass is 412 g/mol. The Hall–Kier alpha value is -1.03. The highest BCUT2D eigenvalue weighted by molar-refractivity contribution is 7.90. The standard InChI is InChI=1S/C17H31F3N4O2S/c1-13-3-5-14(6-4-13)11-22-16(21-2)23-12-15-7-9-24(10-8-15)27(25,26)17(18,19)20/h13-15H,3-12H2,1-2H3,(H2,21,22,23). The van der Waals surface area contributed by atoms with E-state index >= 15 is 0 Å². The molecule has 0 unspecified atom stereocenters. The number of piperidine rings is 1. The van der Waals surface area contributed by atoms with Crippen LogP contribution in [0.25, 0.3) is 0 Å². The highest BCUT2D eigenvalue weighted by Gasteiger charge is 2.50. The second-order valence-electron chi connectivity index (χ2n) is 7.75. The van der Waals surface area contributed by atoms with E-state index in [9.17, 15) is 21.6 Å². The number of hydrogen-bond acceptors (Lipinski definition) is 3. The van der Waals surface area contributed by atoms with E-state index in [1.165, 1.54) is 25.7 Å². The van der Waals surface area contributed by atoms with Gasteiger partial charge in [0.15, 0.2) is 5.96 Å². The first kappa shape index (κ1) is 22.3. The molecule has 1 saturated carbocycles. The van der Waals surface area contributed by atoms with E-state index in [0.717, 1.165) is 12.5 Å². The number of rotatable bonds is 5. The maximum absolute atomic E-state index is 12.6. The van der Waals surface area contributed by atoms with Crippen LogP contribution in [0.4, 0.5) is 13.2 Å². The third-order valence-corrected chi connectivity index (χ3v) is 7.31. The molecule has 0 radical (unpaired) electrons. The van der Waals surface area contributed by atoms with Gasteiger partial charge < -0.3 is 10.6 Å². The zero-order valence-electron chi connectivity index (χ0n) is 16.1. The van der Waals surface area contributed by atoms with Crippen LogP contribution < -0.4 is 10.6 Å². The Balaban J connectivity index is 1.70. The van der Waals surface area contributed by atoms with Crippen LogP contribution in [-0.2, 0) is 10.0 Å². The van der Waals surface area contributed by atoms with E-state index in [0.29, 0.717) is 35.6 Å². The summed E-state index contributed by atoms with van der Waals surface area (Å²) in [5.74, 6) is 2.28. The van der Waals surface area contributed by atoms with Crippen molar-refractivity contribution in [3.63, 3.8) is 0 Å². The number of nitrogens with zero attached hydrogens (tertiary/aromatic N) is 2. The molecule has 1 aliphatic carbocycles. The zero-order valence-corrected chi connectivity index (χ0v) is 16.9. The Kier molecular flexibility index (Phi) is 7.79. The second kappa shape index (κ2) is 9.45. The van der Waals surface area contributed by atoms with Gasteiger partial charge in [0, 0.05) is 33.2 Å². The lowest BCUT2D eigenvalue weighted by Gasteiger charge is -2.32. The Labute approximate surface area is 160 Å². The molecule has 6 nitrogen and oxygen atoms in total. The number of guanidine groups is 1. The van der Waals surface area contributed by atoms with Crippen LogP contribution in [0.3, 0.4) is 0 Å². The first-order valence-corrected chi connectivity index (χ1v) is 11.1. The first-order chi connectivity index (χ1) is 12.6. The topological polar surface area (TPSA) is 73.8 Å². The molecule has 0 aromatic carbocycles. The number of hydrogen-bond donors (Lipinski definition) is 2. The number of sulfonamides is 1. The SMILES string of the molecule is CN=C(NCC1CCC(C)CC1)NCC1CCN(S(=O)(=O)C(F)(F)F)CC1. The van der Waals surface area contributed by atoms with Crippen LogP contribution in [0, 0.1) is 17.8 Å². The summed E-state index contributed by atoms with van der Waals surface area (Å²) in [6, 6.07) is 0. The smallest absolute Gasteiger partial charge is 0.356 e. The van der Waals surface area contributed by atoms with E-state index in [1.807, 2.05) is 0 Å². The van der Waals surface area contributed by atoms with Crippen molar-refractivity contribution in [2.45, 2.75) is 51.0 Å². The third-order valence-electron chi connectivity index (χ3n) is 5.68. The maximum Gasteiger partial charge on any atom is 0.511 e. The first-order valence-electron chi connectivity index (χ1n) is 9.64. The molecule has 0 aromatic heterocycles. The van der Waals surface area contributed by atoms with Crippen molar-refractivity contribution in [3.05, 3.63) is 0 Å². The molecule has 0 bridgehead atoms. The molecule has 158 valence electrons. The normalized spacial score (nSPS) is 26.8. The van der Waals surface area contributed by atoms with Gasteiger partial charge in [-0.05, 0) is 43.4 Å². The van der Waals surface area contributed by atoms with Crippen LogP contribution in [0.5, 0.6) is 0 Å². The van der Waals surface area contributed by atoms with Gasteiger partial charge in [0.05, 0.1) is 0 Å². The fourth-order valence-corrected chi connectivity index (χ4v) is 4.72. The van der Waals surface area contributed by atoms with Crippen LogP contribution >= 0.6 is 0 Å². The predicted octanol–water partition coefficient (Wildman–Crippen LogP) is 2.54. The van der Waals surface area contributed by atoms with Crippen molar-refractivity contribution < 1.29 is 21.6 Å². The molecule has 1 heterocycles. The number of aliphatic imine (C=N–C) groups is 1. The van der Waals surface area contributed by atoms with Crippen molar-refractivity contribution in [2.24, 2.45) is 22.7 Å². The zero-order chi connectivity index (χ0) is 20.1. The number of nitrogens with one attached hydrogen (secondary N) is 2. The molecular formula is C17H31F3N4O2S. The number of halogens is 3. The predicted molar refractivity (Wildman–Crippen MR) is 99.8 cm³/mol. The minimum absolute atomic E-state index is 0.0967. The Bertz CT molecular complexity index is 594. The molecule has 0 spiro atoms. The van der Waals surface area contributed by atoms with Crippen LogP contribution in [0.15, 0.2) is 4.99 Å². The Morgan fingerprint density at radius 3 is 1.93 bits per heavy atom. The highest BCUT2D eigenvalue weighted by atomic mass is 32.2. The van der Waals surface area contributed by atoms with Gasteiger partial charge in [-0.3, -0.25) is 4.99 Å². The third kappa shape index (κ3) is 6.23. The van der Waals surface area contributed by atoms with Crippen LogP contribution in [-0.4, -0.2) is 57.4 Å². The van der Waals surface area contributed by atoms with Gasteiger partial charge in [-0.25, -0.2) is 8.42 Å².